The number of para-hydroxylation sites is 1. The van der Waals surface area contributed by atoms with Crippen LogP contribution in [0.1, 0.15) is 45.9 Å². The van der Waals surface area contributed by atoms with E-state index < -0.39 is 17.7 Å². The van der Waals surface area contributed by atoms with Crippen LogP contribution < -0.4 is 4.74 Å². The summed E-state index contributed by atoms with van der Waals surface area (Å²) in [5.74, 6) is -0.887. The van der Waals surface area contributed by atoms with Crippen LogP contribution in [0, 0.1) is 24.5 Å². The van der Waals surface area contributed by atoms with Crippen molar-refractivity contribution in [3.05, 3.63) is 71.4 Å². The molecule has 1 N–H and O–H groups in total. The van der Waals surface area contributed by atoms with E-state index in [2.05, 4.69) is 23.8 Å². The van der Waals surface area contributed by atoms with Crippen molar-refractivity contribution in [2.45, 2.75) is 59.8 Å². The number of aliphatic hydroxyl groups is 1. The van der Waals surface area contributed by atoms with E-state index in [0.29, 0.717) is 37.1 Å². The summed E-state index contributed by atoms with van der Waals surface area (Å²) in [7, 11) is 0. The molecule has 6 nitrogen and oxygen atoms in total. The van der Waals surface area contributed by atoms with E-state index >= 15 is 0 Å². The lowest BCUT2D eigenvalue weighted by Crippen LogP contribution is -2.38. The molecule has 1 heterocycles. The first-order chi connectivity index (χ1) is 16.9. The number of aliphatic hydroxyl groups excluding tert-OH is 1. The van der Waals surface area contributed by atoms with E-state index in [1.807, 2.05) is 58.0 Å². The molecular weight excluding hydrogens is 464 g/mol. The minimum Gasteiger partial charge on any atom is -0.435 e. The summed E-state index contributed by atoms with van der Waals surface area (Å²) in [4.78, 5) is 2.12. The quantitative estimate of drug-likeness (QED) is 0.355. The molecule has 0 saturated carbocycles. The lowest BCUT2D eigenvalue weighted by Gasteiger charge is -2.28. The van der Waals surface area contributed by atoms with Gasteiger partial charge in [-0.15, -0.1) is 0 Å². The number of hydrogen-bond donors (Lipinski definition) is 1. The highest BCUT2D eigenvalue weighted by Gasteiger charge is 2.24. The molecule has 0 aliphatic carbocycles. The van der Waals surface area contributed by atoms with Crippen LogP contribution in [0.25, 0.3) is 5.69 Å². The average molecular weight is 502 g/mol. The van der Waals surface area contributed by atoms with Gasteiger partial charge in [-0.2, -0.15) is 5.10 Å². The maximum atomic E-state index is 14.5. The van der Waals surface area contributed by atoms with Gasteiger partial charge in [0.05, 0.1) is 35.3 Å². The second kappa shape index (κ2) is 12.0. The number of nitrogens with zero attached hydrogens (tertiary/aromatic N) is 3. The minimum absolute atomic E-state index is 0.0937. The summed E-state index contributed by atoms with van der Waals surface area (Å²) in [5.41, 5.74) is 1.87. The fourth-order valence-electron chi connectivity index (χ4n) is 3.87. The Labute approximate surface area is 212 Å². The lowest BCUT2D eigenvalue weighted by atomic mass is 10.1. The van der Waals surface area contributed by atoms with Gasteiger partial charge in [0.1, 0.15) is 5.82 Å². The fraction of sp³-hybridized carbons (Fsp3) is 0.464. The molecule has 196 valence electrons. The first kappa shape index (κ1) is 27.8. The van der Waals surface area contributed by atoms with Gasteiger partial charge in [0, 0.05) is 25.7 Å². The van der Waals surface area contributed by atoms with Gasteiger partial charge in [-0.05, 0) is 57.9 Å². The molecule has 1 aromatic heterocycles. The molecule has 0 aliphatic rings. The largest absolute Gasteiger partial charge is 0.435 e. The van der Waals surface area contributed by atoms with Gasteiger partial charge in [-0.3, -0.25) is 4.90 Å². The minimum atomic E-state index is -0.798. The van der Waals surface area contributed by atoms with Gasteiger partial charge >= 0.3 is 0 Å². The summed E-state index contributed by atoms with van der Waals surface area (Å²) in [6.45, 7) is 13.7. The molecule has 0 spiro atoms. The number of halogens is 2. The van der Waals surface area contributed by atoms with Crippen LogP contribution in [0.15, 0.2) is 48.5 Å². The number of aromatic nitrogens is 2. The molecule has 3 rings (SSSR count). The highest BCUT2D eigenvalue weighted by atomic mass is 19.1. The predicted molar refractivity (Wildman–Crippen MR) is 137 cm³/mol. The second-order valence-corrected chi connectivity index (χ2v) is 10.5. The van der Waals surface area contributed by atoms with Crippen molar-refractivity contribution < 1.29 is 23.4 Å². The molecule has 0 aliphatic heterocycles. The number of ether oxygens (including phenoxy) is 2. The number of aryl methyl sites for hydroxylation is 1. The summed E-state index contributed by atoms with van der Waals surface area (Å²) in [5, 5.41) is 15.4. The van der Waals surface area contributed by atoms with E-state index in [0.717, 1.165) is 23.4 Å². The maximum Gasteiger partial charge on any atom is 0.227 e. The predicted octanol–water partition coefficient (Wildman–Crippen LogP) is 5.89. The Morgan fingerprint density at radius 2 is 1.75 bits per heavy atom. The normalized spacial score (nSPS) is 13.0. The molecule has 0 fully saturated rings. The number of benzene rings is 2. The van der Waals surface area contributed by atoms with Gasteiger partial charge in [0.15, 0.2) is 11.6 Å². The van der Waals surface area contributed by atoms with Crippen LogP contribution in [0.3, 0.4) is 0 Å². The highest BCUT2D eigenvalue weighted by molar-refractivity contribution is 5.43. The number of hydrogen-bond acceptors (Lipinski definition) is 5. The summed E-state index contributed by atoms with van der Waals surface area (Å²) >= 11 is 0. The van der Waals surface area contributed by atoms with Crippen LogP contribution in [0.2, 0.25) is 0 Å². The smallest absolute Gasteiger partial charge is 0.227 e. The molecule has 0 bridgehead atoms. The standard InChI is InChI=1S/C28H37F2N3O3/c1-19(2)15-32(16-23(34)18-35-28(4,5)6)17-24-20(3)31-33(22-10-8-7-9-11-22)27(24)36-26-13-12-21(29)14-25(26)30/h7-14,19,23,34H,15-18H2,1-6H3/t23-/m1/s1. The van der Waals surface area contributed by atoms with Gasteiger partial charge < -0.3 is 14.6 Å². The van der Waals surface area contributed by atoms with Crippen LogP contribution in [0.5, 0.6) is 11.6 Å². The Balaban J connectivity index is 1.96. The highest BCUT2D eigenvalue weighted by Crippen LogP contribution is 2.33. The van der Waals surface area contributed by atoms with Crippen molar-refractivity contribution >= 4 is 0 Å². The topological polar surface area (TPSA) is 59.8 Å². The second-order valence-electron chi connectivity index (χ2n) is 10.5. The van der Waals surface area contributed by atoms with Gasteiger partial charge in [0.2, 0.25) is 5.88 Å². The van der Waals surface area contributed by atoms with Crippen molar-refractivity contribution in [3.8, 4) is 17.3 Å². The molecule has 0 radical (unpaired) electrons. The van der Waals surface area contributed by atoms with Crippen molar-refractivity contribution in [2.75, 3.05) is 19.7 Å². The van der Waals surface area contributed by atoms with Crippen LogP contribution in [-0.4, -0.2) is 51.2 Å². The third-order valence-corrected chi connectivity index (χ3v) is 5.42. The van der Waals surface area contributed by atoms with Gasteiger partial charge in [-0.25, -0.2) is 13.5 Å². The molecule has 0 saturated heterocycles. The maximum absolute atomic E-state index is 14.5. The molecule has 36 heavy (non-hydrogen) atoms. The Morgan fingerprint density at radius 1 is 1.06 bits per heavy atom. The SMILES string of the molecule is Cc1nn(-c2ccccc2)c(Oc2ccc(F)cc2F)c1CN(CC(C)C)C[C@@H](O)COC(C)(C)C. The van der Waals surface area contributed by atoms with E-state index in [-0.39, 0.29) is 18.0 Å². The first-order valence-corrected chi connectivity index (χ1v) is 12.2. The molecule has 2 aromatic carbocycles. The molecule has 0 amide bonds. The van der Waals surface area contributed by atoms with Crippen LogP contribution in [-0.2, 0) is 11.3 Å². The molecule has 3 aromatic rings. The van der Waals surface area contributed by atoms with Gasteiger partial charge in [0.25, 0.3) is 0 Å². The molecule has 1 atom stereocenters. The average Bonchev–Trinajstić information content (AvgIpc) is 3.09. The zero-order valence-electron chi connectivity index (χ0n) is 22.0. The first-order valence-electron chi connectivity index (χ1n) is 12.2. The van der Waals surface area contributed by atoms with E-state index in [9.17, 15) is 13.9 Å². The monoisotopic (exact) mass is 501 g/mol. The number of rotatable bonds is 11. The third-order valence-electron chi connectivity index (χ3n) is 5.42. The van der Waals surface area contributed by atoms with Crippen LogP contribution >= 0.6 is 0 Å². The third kappa shape index (κ3) is 7.85. The van der Waals surface area contributed by atoms with Crippen molar-refractivity contribution in [1.82, 2.24) is 14.7 Å². The molecular formula is C28H37F2N3O3. The Kier molecular flexibility index (Phi) is 9.22. The molecule has 8 heteroatoms. The van der Waals surface area contributed by atoms with Crippen LogP contribution in [0.4, 0.5) is 8.78 Å². The van der Waals surface area contributed by atoms with Gasteiger partial charge in [-0.1, -0.05) is 32.0 Å². The fourth-order valence-corrected chi connectivity index (χ4v) is 3.87. The Bertz CT molecular complexity index is 1130. The molecule has 0 unspecified atom stereocenters. The summed E-state index contributed by atoms with van der Waals surface area (Å²) in [6, 6.07) is 12.6. The van der Waals surface area contributed by atoms with Crippen molar-refractivity contribution in [2.24, 2.45) is 5.92 Å². The summed E-state index contributed by atoms with van der Waals surface area (Å²) in [6.07, 6.45) is -0.689. The van der Waals surface area contributed by atoms with E-state index in [1.165, 1.54) is 6.07 Å². The van der Waals surface area contributed by atoms with E-state index in [1.54, 1.807) is 4.68 Å². The van der Waals surface area contributed by atoms with Crippen molar-refractivity contribution in [3.63, 3.8) is 0 Å². The summed E-state index contributed by atoms with van der Waals surface area (Å²) < 4.78 is 41.5. The zero-order chi connectivity index (χ0) is 26.5. The lowest BCUT2D eigenvalue weighted by molar-refractivity contribution is -0.0573. The zero-order valence-corrected chi connectivity index (χ0v) is 22.0. The Hall–Kier alpha value is -2.81. The van der Waals surface area contributed by atoms with E-state index in [4.69, 9.17) is 9.47 Å². The van der Waals surface area contributed by atoms with Crippen molar-refractivity contribution in [1.29, 1.82) is 0 Å². The Morgan fingerprint density at radius 3 is 2.36 bits per heavy atom.